The standard InChI is InChI=1S/C16H24N2O5S/c1-3-5-6-7-12-17-24(21,22)14-10-8-13(9-11-14)18-15(19)16(20)23-4-2/h8-11,17H,3-7,12H2,1-2H3,(H,18,19). The maximum atomic E-state index is 12.1. The molecule has 24 heavy (non-hydrogen) atoms. The number of amides is 1. The van der Waals surface area contributed by atoms with E-state index < -0.39 is 21.9 Å². The van der Waals surface area contributed by atoms with E-state index >= 15 is 0 Å². The molecule has 2 N–H and O–H groups in total. The van der Waals surface area contributed by atoms with E-state index in [4.69, 9.17) is 0 Å². The Morgan fingerprint density at radius 1 is 1.04 bits per heavy atom. The van der Waals surface area contributed by atoms with Crippen LogP contribution in [-0.4, -0.2) is 33.4 Å². The largest absolute Gasteiger partial charge is 0.459 e. The number of unbranched alkanes of at least 4 members (excludes halogenated alkanes) is 3. The number of esters is 1. The van der Waals surface area contributed by atoms with Gasteiger partial charge in [-0.05, 0) is 37.6 Å². The van der Waals surface area contributed by atoms with E-state index in [1.807, 2.05) is 0 Å². The van der Waals surface area contributed by atoms with Gasteiger partial charge in [0, 0.05) is 12.2 Å². The van der Waals surface area contributed by atoms with E-state index in [0.29, 0.717) is 12.2 Å². The van der Waals surface area contributed by atoms with Gasteiger partial charge in [0.15, 0.2) is 0 Å². The lowest BCUT2D eigenvalue weighted by atomic mass is 10.2. The highest BCUT2D eigenvalue weighted by molar-refractivity contribution is 7.89. The molecular weight excluding hydrogens is 332 g/mol. The third-order valence-corrected chi connectivity index (χ3v) is 4.68. The first kappa shape index (κ1) is 20.1. The van der Waals surface area contributed by atoms with Crippen molar-refractivity contribution in [3.63, 3.8) is 0 Å². The maximum Gasteiger partial charge on any atom is 0.397 e. The monoisotopic (exact) mass is 356 g/mol. The molecule has 0 unspecified atom stereocenters. The van der Waals surface area contributed by atoms with Crippen molar-refractivity contribution < 1.29 is 22.7 Å². The molecule has 1 rings (SSSR count). The fourth-order valence-electron chi connectivity index (χ4n) is 1.94. The van der Waals surface area contributed by atoms with Gasteiger partial charge < -0.3 is 10.1 Å². The fraction of sp³-hybridized carbons (Fsp3) is 0.500. The summed E-state index contributed by atoms with van der Waals surface area (Å²) >= 11 is 0. The number of hydrogen-bond donors (Lipinski definition) is 2. The van der Waals surface area contributed by atoms with Crippen molar-refractivity contribution in [1.29, 1.82) is 0 Å². The van der Waals surface area contributed by atoms with Crippen LogP contribution >= 0.6 is 0 Å². The number of anilines is 1. The third kappa shape index (κ3) is 6.67. The number of sulfonamides is 1. The summed E-state index contributed by atoms with van der Waals surface area (Å²) in [6, 6.07) is 5.58. The van der Waals surface area contributed by atoms with E-state index in [9.17, 15) is 18.0 Å². The molecule has 0 saturated carbocycles. The number of carbonyl (C=O) groups is 2. The SMILES string of the molecule is CCCCCCNS(=O)(=O)c1ccc(NC(=O)C(=O)OCC)cc1. The zero-order valence-corrected chi connectivity index (χ0v) is 14.8. The summed E-state index contributed by atoms with van der Waals surface area (Å²) in [5.74, 6) is -1.88. The first-order chi connectivity index (χ1) is 11.4. The molecule has 0 aliphatic rings. The van der Waals surface area contributed by atoms with Crippen molar-refractivity contribution in [2.45, 2.75) is 44.4 Å². The van der Waals surface area contributed by atoms with E-state index in [2.05, 4.69) is 21.7 Å². The molecule has 0 spiro atoms. The van der Waals surface area contributed by atoms with Crippen molar-refractivity contribution in [3.8, 4) is 0 Å². The Morgan fingerprint density at radius 2 is 1.71 bits per heavy atom. The topological polar surface area (TPSA) is 102 Å². The van der Waals surface area contributed by atoms with Gasteiger partial charge >= 0.3 is 11.9 Å². The van der Waals surface area contributed by atoms with Crippen LogP contribution in [0.1, 0.15) is 39.5 Å². The molecule has 1 aromatic carbocycles. The van der Waals surface area contributed by atoms with Gasteiger partial charge in [0.2, 0.25) is 10.0 Å². The third-order valence-electron chi connectivity index (χ3n) is 3.21. The molecule has 0 fully saturated rings. The Bertz CT molecular complexity index is 641. The molecule has 0 heterocycles. The van der Waals surface area contributed by atoms with Gasteiger partial charge in [0.25, 0.3) is 0 Å². The predicted octanol–water partition coefficient (Wildman–Crippen LogP) is 2.05. The molecule has 0 saturated heterocycles. The van der Waals surface area contributed by atoms with Crippen LogP contribution in [-0.2, 0) is 24.3 Å². The van der Waals surface area contributed by atoms with E-state index in [-0.39, 0.29) is 11.5 Å². The Kier molecular flexibility index (Phi) is 8.42. The molecule has 134 valence electrons. The van der Waals surface area contributed by atoms with Crippen LogP contribution in [0.15, 0.2) is 29.2 Å². The Labute approximate surface area is 142 Å². The number of benzene rings is 1. The van der Waals surface area contributed by atoms with Gasteiger partial charge in [-0.3, -0.25) is 4.79 Å². The van der Waals surface area contributed by atoms with Crippen molar-refractivity contribution in [1.82, 2.24) is 4.72 Å². The molecule has 0 radical (unpaired) electrons. The number of hydrogen-bond acceptors (Lipinski definition) is 5. The highest BCUT2D eigenvalue weighted by atomic mass is 32.2. The maximum absolute atomic E-state index is 12.1. The minimum Gasteiger partial charge on any atom is -0.459 e. The van der Waals surface area contributed by atoms with Gasteiger partial charge in [-0.15, -0.1) is 0 Å². The summed E-state index contributed by atoms with van der Waals surface area (Å²) in [7, 11) is -3.57. The van der Waals surface area contributed by atoms with E-state index in [1.165, 1.54) is 24.3 Å². The zero-order valence-electron chi connectivity index (χ0n) is 14.0. The van der Waals surface area contributed by atoms with Crippen LogP contribution in [0.3, 0.4) is 0 Å². The predicted molar refractivity (Wildman–Crippen MR) is 91.0 cm³/mol. The van der Waals surface area contributed by atoms with Gasteiger partial charge in [-0.1, -0.05) is 26.2 Å². The average molecular weight is 356 g/mol. The molecule has 1 amide bonds. The molecular formula is C16H24N2O5S. The molecule has 0 atom stereocenters. The molecule has 1 aromatic rings. The van der Waals surface area contributed by atoms with Gasteiger partial charge in [0.05, 0.1) is 11.5 Å². The average Bonchev–Trinajstić information content (AvgIpc) is 2.55. The van der Waals surface area contributed by atoms with Crippen LogP contribution in [0.2, 0.25) is 0 Å². The van der Waals surface area contributed by atoms with Crippen LogP contribution in [0.4, 0.5) is 5.69 Å². The molecule has 8 heteroatoms. The number of carbonyl (C=O) groups excluding carboxylic acids is 2. The minimum atomic E-state index is -3.57. The van der Waals surface area contributed by atoms with Gasteiger partial charge in [-0.25, -0.2) is 17.9 Å². The lowest BCUT2D eigenvalue weighted by molar-refractivity contribution is -0.152. The quantitative estimate of drug-likeness (QED) is 0.400. The molecule has 0 aliphatic heterocycles. The van der Waals surface area contributed by atoms with Crippen molar-refractivity contribution >= 4 is 27.6 Å². The lowest BCUT2D eigenvalue weighted by Crippen LogP contribution is -2.26. The van der Waals surface area contributed by atoms with Crippen LogP contribution in [0.25, 0.3) is 0 Å². The molecule has 7 nitrogen and oxygen atoms in total. The van der Waals surface area contributed by atoms with E-state index in [0.717, 1.165) is 25.7 Å². The summed E-state index contributed by atoms with van der Waals surface area (Å²) < 4.78 is 31.3. The summed E-state index contributed by atoms with van der Waals surface area (Å²) in [6.07, 6.45) is 3.95. The summed E-state index contributed by atoms with van der Waals surface area (Å²) in [5, 5.41) is 2.34. The summed E-state index contributed by atoms with van der Waals surface area (Å²) in [4.78, 5) is 22.8. The van der Waals surface area contributed by atoms with Crippen molar-refractivity contribution in [2.24, 2.45) is 0 Å². The molecule has 0 aliphatic carbocycles. The van der Waals surface area contributed by atoms with E-state index in [1.54, 1.807) is 6.92 Å². The van der Waals surface area contributed by atoms with Crippen LogP contribution in [0.5, 0.6) is 0 Å². The van der Waals surface area contributed by atoms with Gasteiger partial charge in [0.1, 0.15) is 0 Å². The summed E-state index contributed by atoms with van der Waals surface area (Å²) in [5.41, 5.74) is 0.315. The highest BCUT2D eigenvalue weighted by Gasteiger charge is 2.16. The first-order valence-corrected chi connectivity index (χ1v) is 9.46. The zero-order chi connectivity index (χ0) is 18.0. The Morgan fingerprint density at radius 3 is 2.29 bits per heavy atom. The number of rotatable bonds is 9. The molecule has 0 bridgehead atoms. The number of ether oxygens (including phenoxy) is 1. The minimum absolute atomic E-state index is 0.104. The second-order valence-electron chi connectivity index (χ2n) is 5.16. The van der Waals surface area contributed by atoms with Crippen LogP contribution in [0, 0.1) is 0 Å². The summed E-state index contributed by atoms with van der Waals surface area (Å²) in [6.45, 7) is 4.18. The molecule has 0 aromatic heterocycles. The lowest BCUT2D eigenvalue weighted by Gasteiger charge is -2.08. The number of nitrogens with one attached hydrogen (secondary N) is 2. The smallest absolute Gasteiger partial charge is 0.397 e. The highest BCUT2D eigenvalue weighted by Crippen LogP contribution is 2.14. The van der Waals surface area contributed by atoms with Crippen molar-refractivity contribution in [3.05, 3.63) is 24.3 Å². The fourth-order valence-corrected chi connectivity index (χ4v) is 3.01. The van der Waals surface area contributed by atoms with Gasteiger partial charge in [-0.2, -0.15) is 0 Å². The van der Waals surface area contributed by atoms with Crippen LogP contribution < -0.4 is 10.0 Å². The Balaban J connectivity index is 2.59. The second-order valence-corrected chi connectivity index (χ2v) is 6.92. The Hall–Kier alpha value is -1.93. The second kappa shape index (κ2) is 10.0. The normalized spacial score (nSPS) is 11.1. The van der Waals surface area contributed by atoms with Crippen molar-refractivity contribution in [2.75, 3.05) is 18.5 Å². The first-order valence-electron chi connectivity index (χ1n) is 7.98.